The summed E-state index contributed by atoms with van der Waals surface area (Å²) in [5.74, 6) is -0.287. The van der Waals surface area contributed by atoms with E-state index in [1.807, 2.05) is 42.5 Å². The number of aliphatic hydroxyl groups is 1. The average Bonchev–Trinajstić information content (AvgIpc) is 2.74. The molecular weight excluding hydrogens is 394 g/mol. The molecule has 0 unspecified atom stereocenters. The summed E-state index contributed by atoms with van der Waals surface area (Å²) in [7, 11) is 3.46. The Balaban J connectivity index is 1.58. The van der Waals surface area contributed by atoms with Crippen LogP contribution in [-0.4, -0.2) is 83.4 Å². The highest BCUT2D eigenvalue weighted by molar-refractivity contribution is 5.95. The summed E-state index contributed by atoms with van der Waals surface area (Å²) in [4.78, 5) is 41.4. The molecule has 3 amide bonds. The lowest BCUT2D eigenvalue weighted by atomic mass is 9.73. The largest absolute Gasteiger partial charge is 0.394 e. The molecule has 7 nitrogen and oxygen atoms in total. The monoisotopic (exact) mass is 421 g/mol. The van der Waals surface area contributed by atoms with E-state index in [4.69, 9.17) is 0 Å². The fourth-order valence-electron chi connectivity index (χ4n) is 4.73. The first-order valence-corrected chi connectivity index (χ1v) is 10.4. The summed E-state index contributed by atoms with van der Waals surface area (Å²) in [6.07, 6.45) is 0. The summed E-state index contributed by atoms with van der Waals surface area (Å²) in [6, 6.07) is 15.2. The van der Waals surface area contributed by atoms with Crippen molar-refractivity contribution in [1.82, 2.24) is 14.7 Å². The molecule has 0 aromatic heterocycles. The minimum absolute atomic E-state index is 0.0215. The molecule has 7 heteroatoms. The predicted octanol–water partition coefficient (Wildman–Crippen LogP) is 1.57. The Bertz CT molecular complexity index is 1020. The number of nitrogens with zero attached hydrogens (tertiary/aromatic N) is 3. The van der Waals surface area contributed by atoms with E-state index < -0.39 is 0 Å². The number of fused-ring (bicyclic) bond motifs is 1. The van der Waals surface area contributed by atoms with Gasteiger partial charge in [-0.15, -0.1) is 0 Å². The third kappa shape index (κ3) is 3.70. The summed E-state index contributed by atoms with van der Waals surface area (Å²) in [5, 5.41) is 9.90. The molecule has 2 heterocycles. The van der Waals surface area contributed by atoms with Crippen molar-refractivity contribution >= 4 is 17.7 Å². The lowest BCUT2D eigenvalue weighted by Crippen LogP contribution is -2.73. The average molecular weight is 421 g/mol. The minimum atomic E-state index is -0.265. The van der Waals surface area contributed by atoms with E-state index in [9.17, 15) is 19.5 Å². The third-order valence-electron chi connectivity index (χ3n) is 6.34. The summed E-state index contributed by atoms with van der Waals surface area (Å²) >= 11 is 0. The van der Waals surface area contributed by atoms with Gasteiger partial charge in [-0.3, -0.25) is 14.4 Å². The maximum absolute atomic E-state index is 12.5. The standard InChI is InChI=1S/C24H27N3O4/c1-15(29)26-12-20-23(21(14-28)27(20)22(30)13-26)17-9-7-16(8-10-17)18-5-4-6-19(11-18)24(31)25(2)3/h4-11,20-21,23,28H,12-14H2,1-3H3/t20-,21+,23+/m1/s1. The highest BCUT2D eigenvalue weighted by Gasteiger charge is 2.54. The van der Waals surface area contributed by atoms with Gasteiger partial charge < -0.3 is 19.8 Å². The number of carbonyl (C=O) groups excluding carboxylic acids is 3. The van der Waals surface area contributed by atoms with Crippen LogP contribution in [0.2, 0.25) is 0 Å². The molecule has 2 aromatic rings. The SMILES string of the molecule is CC(=O)N1CC(=O)N2[C@H](C1)[C@H](c1ccc(-c3cccc(C(=O)N(C)C)c3)cc1)[C@@H]2CO. The topological polar surface area (TPSA) is 81.2 Å². The molecule has 0 spiro atoms. The molecule has 0 bridgehead atoms. The maximum atomic E-state index is 12.5. The molecule has 2 aromatic carbocycles. The maximum Gasteiger partial charge on any atom is 0.253 e. The van der Waals surface area contributed by atoms with E-state index in [2.05, 4.69) is 0 Å². The smallest absolute Gasteiger partial charge is 0.253 e. The van der Waals surface area contributed by atoms with Crippen LogP contribution in [0.1, 0.15) is 28.8 Å². The van der Waals surface area contributed by atoms with Crippen LogP contribution < -0.4 is 0 Å². The minimum Gasteiger partial charge on any atom is -0.394 e. The number of amides is 3. The zero-order valence-corrected chi connectivity index (χ0v) is 18.0. The van der Waals surface area contributed by atoms with Gasteiger partial charge in [0.1, 0.15) is 0 Å². The first-order chi connectivity index (χ1) is 14.8. The second kappa shape index (κ2) is 8.15. The first-order valence-electron chi connectivity index (χ1n) is 10.4. The van der Waals surface area contributed by atoms with Gasteiger partial charge in [0.15, 0.2) is 0 Å². The summed E-state index contributed by atoms with van der Waals surface area (Å²) < 4.78 is 0. The van der Waals surface area contributed by atoms with Crippen molar-refractivity contribution in [1.29, 1.82) is 0 Å². The fourth-order valence-corrected chi connectivity index (χ4v) is 4.73. The van der Waals surface area contributed by atoms with E-state index >= 15 is 0 Å². The van der Waals surface area contributed by atoms with Gasteiger partial charge in [0.25, 0.3) is 5.91 Å². The van der Waals surface area contributed by atoms with Crippen LogP contribution in [0.5, 0.6) is 0 Å². The number of piperazine rings is 1. The Kier molecular flexibility index (Phi) is 5.54. The van der Waals surface area contributed by atoms with E-state index in [-0.39, 0.29) is 48.9 Å². The van der Waals surface area contributed by atoms with Crippen molar-refractivity contribution in [3.05, 3.63) is 59.7 Å². The molecular formula is C24H27N3O4. The number of hydrogen-bond acceptors (Lipinski definition) is 4. The zero-order valence-electron chi connectivity index (χ0n) is 18.0. The molecule has 31 heavy (non-hydrogen) atoms. The highest BCUT2D eigenvalue weighted by atomic mass is 16.3. The molecule has 1 N–H and O–H groups in total. The molecule has 2 saturated heterocycles. The lowest BCUT2D eigenvalue weighted by molar-refractivity contribution is -0.166. The Labute approximate surface area is 181 Å². The lowest BCUT2D eigenvalue weighted by Gasteiger charge is -2.58. The van der Waals surface area contributed by atoms with E-state index in [0.29, 0.717) is 12.1 Å². The van der Waals surface area contributed by atoms with Gasteiger partial charge in [-0.25, -0.2) is 0 Å². The van der Waals surface area contributed by atoms with Gasteiger partial charge >= 0.3 is 0 Å². The van der Waals surface area contributed by atoms with Crippen LogP contribution in [0, 0.1) is 0 Å². The highest BCUT2D eigenvalue weighted by Crippen LogP contribution is 2.43. The molecule has 2 aliphatic rings. The van der Waals surface area contributed by atoms with E-state index in [1.165, 1.54) is 6.92 Å². The normalized spacial score (nSPS) is 22.6. The third-order valence-corrected chi connectivity index (χ3v) is 6.34. The number of carbonyl (C=O) groups is 3. The van der Waals surface area contributed by atoms with Crippen LogP contribution in [0.25, 0.3) is 11.1 Å². The van der Waals surface area contributed by atoms with Gasteiger partial charge in [-0.2, -0.15) is 0 Å². The molecule has 2 aliphatic heterocycles. The van der Waals surface area contributed by atoms with Crippen LogP contribution in [0.15, 0.2) is 48.5 Å². The Hall–Kier alpha value is -3.19. The van der Waals surface area contributed by atoms with Crippen molar-refractivity contribution in [2.75, 3.05) is 33.8 Å². The number of aliphatic hydroxyl groups excluding tert-OH is 1. The zero-order chi connectivity index (χ0) is 22.3. The molecule has 162 valence electrons. The fraction of sp³-hybridized carbons (Fsp3) is 0.375. The molecule has 2 fully saturated rings. The quantitative estimate of drug-likeness (QED) is 0.813. The second-order valence-corrected chi connectivity index (χ2v) is 8.45. The van der Waals surface area contributed by atoms with Gasteiger partial charge in [0, 0.05) is 39.0 Å². The first kappa shape index (κ1) is 21.1. The van der Waals surface area contributed by atoms with Crippen LogP contribution in [-0.2, 0) is 9.59 Å². The number of rotatable bonds is 4. The van der Waals surface area contributed by atoms with Gasteiger partial charge in [0.2, 0.25) is 11.8 Å². The molecule has 4 rings (SSSR count). The predicted molar refractivity (Wildman–Crippen MR) is 116 cm³/mol. The second-order valence-electron chi connectivity index (χ2n) is 8.45. The Morgan fingerprint density at radius 2 is 1.81 bits per heavy atom. The molecule has 0 radical (unpaired) electrons. The molecule has 0 saturated carbocycles. The van der Waals surface area contributed by atoms with Crippen molar-refractivity contribution in [2.45, 2.75) is 24.9 Å². The van der Waals surface area contributed by atoms with Crippen molar-refractivity contribution in [3.8, 4) is 11.1 Å². The van der Waals surface area contributed by atoms with Crippen LogP contribution >= 0.6 is 0 Å². The van der Waals surface area contributed by atoms with Gasteiger partial charge in [-0.1, -0.05) is 36.4 Å². The Morgan fingerprint density at radius 1 is 1.10 bits per heavy atom. The van der Waals surface area contributed by atoms with Crippen LogP contribution in [0.3, 0.4) is 0 Å². The van der Waals surface area contributed by atoms with Crippen molar-refractivity contribution in [3.63, 3.8) is 0 Å². The summed E-state index contributed by atoms with van der Waals surface area (Å²) in [6.45, 7) is 1.93. The van der Waals surface area contributed by atoms with Crippen molar-refractivity contribution < 1.29 is 19.5 Å². The molecule has 3 atom stereocenters. The van der Waals surface area contributed by atoms with Gasteiger partial charge in [0.05, 0.1) is 25.2 Å². The molecule has 0 aliphatic carbocycles. The number of benzene rings is 2. The van der Waals surface area contributed by atoms with Crippen LogP contribution in [0.4, 0.5) is 0 Å². The van der Waals surface area contributed by atoms with E-state index in [0.717, 1.165) is 16.7 Å². The number of hydrogen-bond donors (Lipinski definition) is 1. The van der Waals surface area contributed by atoms with Gasteiger partial charge in [-0.05, 0) is 28.8 Å². The van der Waals surface area contributed by atoms with E-state index in [1.54, 1.807) is 34.9 Å². The Morgan fingerprint density at radius 3 is 2.42 bits per heavy atom. The van der Waals surface area contributed by atoms with Crippen molar-refractivity contribution in [2.24, 2.45) is 0 Å². The summed E-state index contributed by atoms with van der Waals surface area (Å²) in [5.41, 5.74) is 3.59.